The minimum atomic E-state index is -0.618. The van der Waals surface area contributed by atoms with Crippen LogP contribution in [0.4, 0.5) is 5.69 Å². The average molecular weight is 385 g/mol. The highest BCUT2D eigenvalue weighted by Gasteiger charge is 2.13. The molecule has 3 rings (SSSR count). The average Bonchev–Trinajstić information content (AvgIpc) is 2.89. The van der Waals surface area contributed by atoms with Gasteiger partial charge in [0, 0.05) is 18.2 Å². The van der Waals surface area contributed by atoms with Crippen LogP contribution in [0.1, 0.15) is 17.5 Å². The molecule has 1 amide bonds. The van der Waals surface area contributed by atoms with Crippen LogP contribution < -0.4 is 19.5 Å². The minimum absolute atomic E-state index is 0.264. The van der Waals surface area contributed by atoms with E-state index in [9.17, 15) is 9.59 Å². The van der Waals surface area contributed by atoms with Gasteiger partial charge in [-0.1, -0.05) is 6.07 Å². The number of rotatable bonds is 6. The number of amides is 1. The van der Waals surface area contributed by atoms with Crippen LogP contribution in [-0.4, -0.2) is 38.3 Å². The maximum absolute atomic E-state index is 12.0. The van der Waals surface area contributed by atoms with Gasteiger partial charge in [0.2, 0.25) is 0 Å². The number of aryl methyl sites for hydroxylation is 2. The first-order chi connectivity index (χ1) is 13.5. The van der Waals surface area contributed by atoms with Crippen LogP contribution in [0, 0.1) is 13.8 Å². The molecule has 0 saturated heterocycles. The molecule has 0 radical (unpaired) electrons. The summed E-state index contributed by atoms with van der Waals surface area (Å²) in [7, 11) is 0. The third kappa shape index (κ3) is 5.64. The topological polar surface area (TPSA) is 83.1 Å². The van der Waals surface area contributed by atoms with Crippen molar-refractivity contribution in [3.8, 4) is 17.2 Å². The summed E-state index contributed by atoms with van der Waals surface area (Å²) in [5.41, 5.74) is 2.62. The summed E-state index contributed by atoms with van der Waals surface area (Å²) in [6.45, 7) is 4.38. The molecule has 0 saturated carbocycles. The van der Waals surface area contributed by atoms with Crippen molar-refractivity contribution >= 4 is 17.6 Å². The lowest BCUT2D eigenvalue weighted by Crippen LogP contribution is -2.23. The SMILES string of the molecule is Cc1cc(C)cc(OCC(=O)OCC(=O)Nc2ccc3c(c2)OCCCO3)c1. The first-order valence-corrected chi connectivity index (χ1v) is 9.06. The first-order valence-electron chi connectivity index (χ1n) is 9.06. The van der Waals surface area contributed by atoms with Gasteiger partial charge in [0.05, 0.1) is 13.2 Å². The highest BCUT2D eigenvalue weighted by Crippen LogP contribution is 2.32. The molecular weight excluding hydrogens is 362 g/mol. The van der Waals surface area contributed by atoms with E-state index in [4.69, 9.17) is 18.9 Å². The van der Waals surface area contributed by atoms with Crippen LogP contribution in [0.2, 0.25) is 0 Å². The standard InChI is InChI=1S/C21H23NO6/c1-14-8-15(2)10-17(9-14)27-13-21(24)28-12-20(23)22-16-4-5-18-19(11-16)26-7-3-6-25-18/h4-5,8-11H,3,6-7,12-13H2,1-2H3,(H,22,23). The van der Waals surface area contributed by atoms with E-state index in [1.165, 1.54) is 0 Å². The molecule has 148 valence electrons. The normalized spacial score (nSPS) is 12.6. The molecule has 7 nitrogen and oxygen atoms in total. The van der Waals surface area contributed by atoms with Crippen LogP contribution in [0.25, 0.3) is 0 Å². The third-order valence-corrected chi connectivity index (χ3v) is 3.95. The van der Waals surface area contributed by atoms with Crippen molar-refractivity contribution in [1.82, 2.24) is 0 Å². The Morgan fingerprint density at radius 2 is 1.68 bits per heavy atom. The van der Waals surface area contributed by atoms with E-state index in [1.807, 2.05) is 32.0 Å². The molecular formula is C21H23NO6. The summed E-state index contributed by atoms with van der Waals surface area (Å²) in [5.74, 6) is 0.743. The molecule has 2 aromatic rings. The van der Waals surface area contributed by atoms with Crippen LogP contribution >= 0.6 is 0 Å². The van der Waals surface area contributed by atoms with Crippen LogP contribution in [-0.2, 0) is 14.3 Å². The van der Waals surface area contributed by atoms with E-state index >= 15 is 0 Å². The molecule has 0 atom stereocenters. The van der Waals surface area contributed by atoms with Gasteiger partial charge in [0.25, 0.3) is 5.91 Å². The second-order valence-electron chi connectivity index (χ2n) is 6.53. The first kappa shape index (κ1) is 19.5. The third-order valence-electron chi connectivity index (χ3n) is 3.95. The summed E-state index contributed by atoms with van der Waals surface area (Å²) in [4.78, 5) is 23.8. The molecule has 1 N–H and O–H groups in total. The Hall–Kier alpha value is -3.22. The lowest BCUT2D eigenvalue weighted by atomic mass is 10.1. The highest BCUT2D eigenvalue weighted by atomic mass is 16.6. The minimum Gasteiger partial charge on any atom is -0.490 e. The summed E-state index contributed by atoms with van der Waals surface area (Å²) in [5, 5.41) is 2.66. The van der Waals surface area contributed by atoms with Crippen LogP contribution in [0.5, 0.6) is 17.2 Å². The molecule has 0 spiro atoms. The van der Waals surface area contributed by atoms with Crippen molar-refractivity contribution in [2.45, 2.75) is 20.3 Å². The highest BCUT2D eigenvalue weighted by molar-refractivity contribution is 5.93. The molecule has 2 aromatic carbocycles. The molecule has 0 fully saturated rings. The summed E-state index contributed by atoms with van der Waals surface area (Å²) >= 11 is 0. The van der Waals surface area contributed by atoms with E-state index < -0.39 is 18.5 Å². The van der Waals surface area contributed by atoms with Crippen molar-refractivity contribution in [1.29, 1.82) is 0 Å². The van der Waals surface area contributed by atoms with E-state index in [0.717, 1.165) is 17.5 Å². The molecule has 1 aliphatic heterocycles. The number of fused-ring (bicyclic) bond motifs is 1. The number of benzene rings is 2. The fourth-order valence-electron chi connectivity index (χ4n) is 2.78. The summed E-state index contributed by atoms with van der Waals surface area (Å²) < 4.78 is 21.5. The monoisotopic (exact) mass is 385 g/mol. The zero-order valence-corrected chi connectivity index (χ0v) is 15.9. The summed E-state index contributed by atoms with van der Waals surface area (Å²) in [6, 6.07) is 10.8. The lowest BCUT2D eigenvalue weighted by molar-refractivity contribution is -0.149. The van der Waals surface area contributed by atoms with Gasteiger partial charge in [-0.15, -0.1) is 0 Å². The van der Waals surface area contributed by atoms with Gasteiger partial charge >= 0.3 is 5.97 Å². The summed E-state index contributed by atoms with van der Waals surface area (Å²) in [6.07, 6.45) is 0.802. The maximum atomic E-state index is 12.0. The fraction of sp³-hybridized carbons (Fsp3) is 0.333. The number of carbonyl (C=O) groups excluding carboxylic acids is 2. The van der Waals surface area contributed by atoms with E-state index in [0.29, 0.717) is 36.1 Å². The molecule has 7 heteroatoms. The van der Waals surface area contributed by atoms with Crippen molar-refractivity contribution in [2.24, 2.45) is 0 Å². The molecule has 1 heterocycles. The largest absolute Gasteiger partial charge is 0.490 e. The predicted octanol–water partition coefficient (Wildman–Crippen LogP) is 3.03. The van der Waals surface area contributed by atoms with Gasteiger partial charge in [-0.25, -0.2) is 4.79 Å². The number of ether oxygens (including phenoxy) is 4. The second kappa shape index (κ2) is 9.12. The maximum Gasteiger partial charge on any atom is 0.344 e. The molecule has 28 heavy (non-hydrogen) atoms. The second-order valence-corrected chi connectivity index (χ2v) is 6.53. The van der Waals surface area contributed by atoms with Gasteiger partial charge in [-0.05, 0) is 49.2 Å². The van der Waals surface area contributed by atoms with Crippen molar-refractivity contribution in [2.75, 3.05) is 31.7 Å². The Kier molecular flexibility index (Phi) is 6.37. The Labute approximate surface area is 163 Å². The van der Waals surface area contributed by atoms with Crippen molar-refractivity contribution in [3.05, 3.63) is 47.5 Å². The quantitative estimate of drug-likeness (QED) is 0.770. The lowest BCUT2D eigenvalue weighted by Gasteiger charge is -2.11. The Morgan fingerprint density at radius 1 is 0.964 bits per heavy atom. The molecule has 1 aliphatic rings. The Balaban J connectivity index is 1.45. The van der Waals surface area contributed by atoms with Crippen LogP contribution in [0.15, 0.2) is 36.4 Å². The predicted molar refractivity (Wildman–Crippen MR) is 103 cm³/mol. The number of carbonyl (C=O) groups is 2. The molecule has 0 aliphatic carbocycles. The number of nitrogens with one attached hydrogen (secondary N) is 1. The van der Waals surface area contributed by atoms with Crippen LogP contribution in [0.3, 0.4) is 0 Å². The van der Waals surface area contributed by atoms with Crippen molar-refractivity contribution in [3.63, 3.8) is 0 Å². The zero-order chi connectivity index (χ0) is 19.9. The van der Waals surface area contributed by atoms with E-state index in [-0.39, 0.29) is 6.61 Å². The number of hydrogen-bond donors (Lipinski definition) is 1. The molecule has 0 unspecified atom stereocenters. The Bertz CT molecular complexity index is 844. The van der Waals surface area contributed by atoms with Gasteiger partial charge in [-0.3, -0.25) is 4.79 Å². The van der Waals surface area contributed by atoms with E-state index in [2.05, 4.69) is 5.32 Å². The van der Waals surface area contributed by atoms with E-state index in [1.54, 1.807) is 18.2 Å². The van der Waals surface area contributed by atoms with Crippen molar-refractivity contribution < 1.29 is 28.5 Å². The smallest absolute Gasteiger partial charge is 0.344 e. The van der Waals surface area contributed by atoms with Gasteiger partial charge in [0.15, 0.2) is 24.7 Å². The molecule has 0 aromatic heterocycles. The van der Waals surface area contributed by atoms with Gasteiger partial charge in [0.1, 0.15) is 5.75 Å². The van der Waals surface area contributed by atoms with Gasteiger partial charge < -0.3 is 24.3 Å². The zero-order valence-electron chi connectivity index (χ0n) is 15.9. The number of esters is 1. The fourth-order valence-corrected chi connectivity index (χ4v) is 2.78. The Morgan fingerprint density at radius 3 is 2.43 bits per heavy atom. The van der Waals surface area contributed by atoms with Gasteiger partial charge in [-0.2, -0.15) is 0 Å². The number of hydrogen-bond acceptors (Lipinski definition) is 6. The molecule has 0 bridgehead atoms. The number of anilines is 1.